The van der Waals surface area contributed by atoms with Crippen molar-refractivity contribution in [1.29, 1.82) is 0 Å². The summed E-state index contributed by atoms with van der Waals surface area (Å²) < 4.78 is 6.95. The molecule has 0 spiro atoms. The van der Waals surface area contributed by atoms with Gasteiger partial charge < -0.3 is 10.1 Å². The van der Waals surface area contributed by atoms with E-state index in [1.807, 2.05) is 48.7 Å². The number of hydrogen-bond acceptors (Lipinski definition) is 3. The Labute approximate surface area is 140 Å². The molecule has 0 aliphatic rings. The summed E-state index contributed by atoms with van der Waals surface area (Å²) in [6.45, 7) is 0.576. The van der Waals surface area contributed by atoms with E-state index >= 15 is 0 Å². The summed E-state index contributed by atoms with van der Waals surface area (Å²) >= 11 is 0. The van der Waals surface area contributed by atoms with Crippen molar-refractivity contribution in [3.63, 3.8) is 0 Å². The molecule has 2 aromatic carbocycles. The smallest absolute Gasteiger partial charge is 0.251 e. The zero-order valence-corrected chi connectivity index (χ0v) is 13.5. The number of carbonyl (C=O) groups is 1. The largest absolute Gasteiger partial charge is 0.497 e. The summed E-state index contributed by atoms with van der Waals surface area (Å²) in [6.07, 6.45) is 4.34. The first-order chi connectivity index (χ1) is 11.8. The van der Waals surface area contributed by atoms with Crippen molar-refractivity contribution in [2.24, 2.45) is 0 Å². The van der Waals surface area contributed by atoms with Crippen LogP contribution < -0.4 is 10.1 Å². The fourth-order valence-electron chi connectivity index (χ4n) is 2.44. The van der Waals surface area contributed by atoms with E-state index in [1.54, 1.807) is 30.1 Å². The molecule has 0 saturated carbocycles. The minimum atomic E-state index is -0.0788. The van der Waals surface area contributed by atoms with Crippen LogP contribution in [0.25, 0.3) is 5.69 Å². The van der Waals surface area contributed by atoms with E-state index in [0.717, 1.165) is 23.4 Å². The molecule has 122 valence electrons. The summed E-state index contributed by atoms with van der Waals surface area (Å²) in [5.41, 5.74) is 2.69. The number of carbonyl (C=O) groups excluding carboxylic acids is 1. The SMILES string of the molecule is COc1cccc(CCNC(=O)c2ccc(-n3cccn3)cc2)c1. The molecule has 0 radical (unpaired) electrons. The highest BCUT2D eigenvalue weighted by Crippen LogP contribution is 2.13. The Morgan fingerprint density at radius 3 is 2.71 bits per heavy atom. The van der Waals surface area contributed by atoms with E-state index < -0.39 is 0 Å². The van der Waals surface area contributed by atoms with Crippen LogP contribution in [-0.2, 0) is 6.42 Å². The maximum Gasteiger partial charge on any atom is 0.251 e. The molecule has 0 unspecified atom stereocenters. The number of amides is 1. The summed E-state index contributed by atoms with van der Waals surface area (Å²) in [5, 5.41) is 7.10. The van der Waals surface area contributed by atoms with Crippen molar-refractivity contribution < 1.29 is 9.53 Å². The Bertz CT molecular complexity index is 796. The van der Waals surface area contributed by atoms with Crippen molar-refractivity contribution in [3.8, 4) is 11.4 Å². The minimum Gasteiger partial charge on any atom is -0.497 e. The van der Waals surface area contributed by atoms with Crippen molar-refractivity contribution in [1.82, 2.24) is 15.1 Å². The first kappa shape index (κ1) is 15.8. The molecule has 0 fully saturated rings. The van der Waals surface area contributed by atoms with Gasteiger partial charge in [-0.15, -0.1) is 0 Å². The van der Waals surface area contributed by atoms with Crippen LogP contribution in [0.15, 0.2) is 67.0 Å². The van der Waals surface area contributed by atoms with Gasteiger partial charge in [-0.1, -0.05) is 12.1 Å². The third-order valence-electron chi connectivity index (χ3n) is 3.73. The highest BCUT2D eigenvalue weighted by molar-refractivity contribution is 5.94. The number of rotatable bonds is 6. The van der Waals surface area contributed by atoms with E-state index in [-0.39, 0.29) is 5.91 Å². The molecule has 5 nitrogen and oxygen atoms in total. The van der Waals surface area contributed by atoms with E-state index in [2.05, 4.69) is 10.4 Å². The zero-order valence-electron chi connectivity index (χ0n) is 13.5. The Morgan fingerprint density at radius 2 is 2.00 bits per heavy atom. The summed E-state index contributed by atoms with van der Waals surface area (Å²) in [7, 11) is 1.65. The second-order valence-corrected chi connectivity index (χ2v) is 5.35. The molecule has 1 heterocycles. The Kier molecular flexibility index (Phi) is 4.91. The van der Waals surface area contributed by atoms with Crippen molar-refractivity contribution >= 4 is 5.91 Å². The van der Waals surface area contributed by atoms with Gasteiger partial charge in [0.05, 0.1) is 12.8 Å². The Balaban J connectivity index is 1.55. The van der Waals surface area contributed by atoms with Crippen LogP contribution in [0.1, 0.15) is 15.9 Å². The molecule has 0 atom stereocenters. The number of nitrogens with zero attached hydrogens (tertiary/aromatic N) is 2. The molecule has 0 aliphatic heterocycles. The van der Waals surface area contributed by atoms with Gasteiger partial charge >= 0.3 is 0 Å². The molecule has 1 amide bonds. The normalized spacial score (nSPS) is 10.4. The minimum absolute atomic E-state index is 0.0788. The lowest BCUT2D eigenvalue weighted by Crippen LogP contribution is -2.25. The third-order valence-corrected chi connectivity index (χ3v) is 3.73. The summed E-state index contributed by atoms with van der Waals surface area (Å²) in [6, 6.07) is 17.1. The van der Waals surface area contributed by atoms with Gasteiger partial charge in [-0.25, -0.2) is 4.68 Å². The van der Waals surface area contributed by atoms with Crippen LogP contribution in [0.3, 0.4) is 0 Å². The van der Waals surface area contributed by atoms with Crippen LogP contribution in [0.4, 0.5) is 0 Å². The number of benzene rings is 2. The predicted octanol–water partition coefficient (Wildman–Crippen LogP) is 2.85. The first-order valence-electron chi connectivity index (χ1n) is 7.77. The van der Waals surface area contributed by atoms with Gasteiger partial charge in [0.25, 0.3) is 5.91 Å². The second-order valence-electron chi connectivity index (χ2n) is 5.35. The molecule has 24 heavy (non-hydrogen) atoms. The average Bonchev–Trinajstić information content (AvgIpc) is 3.16. The lowest BCUT2D eigenvalue weighted by molar-refractivity contribution is 0.0954. The van der Waals surface area contributed by atoms with Crippen molar-refractivity contribution in [2.45, 2.75) is 6.42 Å². The number of hydrogen-bond donors (Lipinski definition) is 1. The molecule has 3 aromatic rings. The zero-order chi connectivity index (χ0) is 16.8. The van der Waals surface area contributed by atoms with E-state index in [0.29, 0.717) is 12.1 Å². The quantitative estimate of drug-likeness (QED) is 0.759. The fourth-order valence-corrected chi connectivity index (χ4v) is 2.44. The topological polar surface area (TPSA) is 56.1 Å². The molecule has 0 saturated heterocycles. The summed E-state index contributed by atoms with van der Waals surface area (Å²) in [5.74, 6) is 0.748. The third kappa shape index (κ3) is 3.81. The monoisotopic (exact) mass is 321 g/mol. The van der Waals surface area contributed by atoms with Gasteiger partial charge in [-0.05, 0) is 54.4 Å². The standard InChI is InChI=1S/C19H19N3O2/c1-24-18-5-2-4-15(14-18)10-12-20-19(23)16-6-8-17(9-7-16)22-13-3-11-21-22/h2-9,11,13-14H,10,12H2,1H3,(H,20,23). The number of ether oxygens (including phenoxy) is 1. The van der Waals surface area contributed by atoms with Gasteiger partial charge in [0, 0.05) is 24.5 Å². The number of methoxy groups -OCH3 is 1. The lowest BCUT2D eigenvalue weighted by atomic mass is 10.1. The van der Waals surface area contributed by atoms with Gasteiger partial charge in [-0.3, -0.25) is 4.79 Å². The highest BCUT2D eigenvalue weighted by atomic mass is 16.5. The fraction of sp³-hybridized carbons (Fsp3) is 0.158. The molecule has 0 bridgehead atoms. The molecule has 3 rings (SSSR count). The van der Waals surface area contributed by atoms with Crippen LogP contribution in [0, 0.1) is 0 Å². The van der Waals surface area contributed by atoms with Crippen LogP contribution in [-0.4, -0.2) is 29.3 Å². The lowest BCUT2D eigenvalue weighted by Gasteiger charge is -2.07. The molecule has 1 N–H and O–H groups in total. The van der Waals surface area contributed by atoms with E-state index in [1.165, 1.54) is 0 Å². The summed E-state index contributed by atoms with van der Waals surface area (Å²) in [4.78, 5) is 12.2. The predicted molar refractivity (Wildman–Crippen MR) is 92.6 cm³/mol. The van der Waals surface area contributed by atoms with Crippen LogP contribution in [0.5, 0.6) is 5.75 Å². The molecule has 5 heteroatoms. The van der Waals surface area contributed by atoms with Crippen molar-refractivity contribution in [2.75, 3.05) is 13.7 Å². The molecule has 0 aliphatic carbocycles. The Morgan fingerprint density at radius 1 is 1.17 bits per heavy atom. The number of nitrogens with one attached hydrogen (secondary N) is 1. The van der Waals surface area contributed by atoms with E-state index in [4.69, 9.17) is 4.74 Å². The first-order valence-corrected chi connectivity index (χ1v) is 7.77. The second kappa shape index (κ2) is 7.46. The van der Waals surface area contributed by atoms with Gasteiger partial charge in [-0.2, -0.15) is 5.10 Å². The van der Waals surface area contributed by atoms with Crippen LogP contribution >= 0.6 is 0 Å². The molecule has 1 aromatic heterocycles. The van der Waals surface area contributed by atoms with Crippen LogP contribution in [0.2, 0.25) is 0 Å². The highest BCUT2D eigenvalue weighted by Gasteiger charge is 2.06. The Hall–Kier alpha value is -3.08. The van der Waals surface area contributed by atoms with Gasteiger partial charge in [0.2, 0.25) is 0 Å². The van der Waals surface area contributed by atoms with Gasteiger partial charge in [0.1, 0.15) is 5.75 Å². The molecular formula is C19H19N3O2. The van der Waals surface area contributed by atoms with Gasteiger partial charge in [0.15, 0.2) is 0 Å². The maximum atomic E-state index is 12.2. The maximum absolute atomic E-state index is 12.2. The number of aromatic nitrogens is 2. The molecular weight excluding hydrogens is 302 g/mol. The average molecular weight is 321 g/mol. The van der Waals surface area contributed by atoms with Crippen molar-refractivity contribution in [3.05, 3.63) is 78.1 Å². The van der Waals surface area contributed by atoms with E-state index in [9.17, 15) is 4.79 Å².